The van der Waals surface area contributed by atoms with Crippen LogP contribution in [0.1, 0.15) is 5.56 Å². The zero-order valence-corrected chi connectivity index (χ0v) is 13.1. The van der Waals surface area contributed by atoms with Gasteiger partial charge in [0.2, 0.25) is 10.0 Å². The second kappa shape index (κ2) is 5.98. The molecule has 2 aromatic carbocycles. The number of likely N-dealkylation sites (N-methyl/N-ethyl adjacent to an activating group) is 1. The largest absolute Gasteiger partial charge is 0.490 e. The summed E-state index contributed by atoms with van der Waals surface area (Å²) in [6.45, 7) is 1.62. The minimum atomic E-state index is -3.56. The van der Waals surface area contributed by atoms with E-state index in [4.69, 9.17) is 4.74 Å². The van der Waals surface area contributed by atoms with Gasteiger partial charge < -0.3 is 9.64 Å². The van der Waals surface area contributed by atoms with Crippen LogP contribution in [0.15, 0.2) is 53.4 Å². The van der Waals surface area contributed by atoms with E-state index in [1.54, 1.807) is 18.2 Å². The minimum absolute atomic E-state index is 0.220. The summed E-state index contributed by atoms with van der Waals surface area (Å²) in [5.74, 6) is 0.608. The van der Waals surface area contributed by atoms with Crippen LogP contribution in [0.2, 0.25) is 0 Å². The SMILES string of the molecule is CN1CCOc2cc(S(=O)(=O)NCc3ccccc3)ccc21. The van der Waals surface area contributed by atoms with Crippen LogP contribution in [0.5, 0.6) is 5.75 Å². The molecule has 0 aromatic heterocycles. The lowest BCUT2D eigenvalue weighted by atomic mass is 10.2. The molecule has 0 aliphatic carbocycles. The Morgan fingerprint density at radius 2 is 1.95 bits per heavy atom. The highest BCUT2D eigenvalue weighted by Crippen LogP contribution is 2.32. The van der Waals surface area contributed by atoms with Crippen molar-refractivity contribution in [2.75, 3.05) is 25.1 Å². The number of ether oxygens (including phenoxy) is 1. The zero-order valence-electron chi connectivity index (χ0n) is 12.3. The quantitative estimate of drug-likeness (QED) is 0.937. The molecule has 0 atom stereocenters. The highest BCUT2D eigenvalue weighted by Gasteiger charge is 2.20. The van der Waals surface area contributed by atoms with Gasteiger partial charge in [-0.2, -0.15) is 0 Å². The monoisotopic (exact) mass is 318 g/mol. The molecular weight excluding hydrogens is 300 g/mol. The van der Waals surface area contributed by atoms with Gasteiger partial charge in [0.15, 0.2) is 0 Å². The third-order valence-corrected chi connectivity index (χ3v) is 5.05. The molecule has 0 saturated carbocycles. The molecular formula is C16H18N2O3S. The zero-order chi connectivity index (χ0) is 15.6. The number of hydrogen-bond acceptors (Lipinski definition) is 4. The number of hydrogen-bond donors (Lipinski definition) is 1. The fourth-order valence-corrected chi connectivity index (χ4v) is 3.40. The van der Waals surface area contributed by atoms with Crippen LogP contribution in [-0.2, 0) is 16.6 Å². The van der Waals surface area contributed by atoms with Crippen molar-refractivity contribution in [2.24, 2.45) is 0 Å². The summed E-state index contributed by atoms with van der Waals surface area (Å²) in [6.07, 6.45) is 0. The maximum Gasteiger partial charge on any atom is 0.241 e. The second-order valence-corrected chi connectivity index (χ2v) is 6.98. The van der Waals surface area contributed by atoms with E-state index in [0.29, 0.717) is 12.4 Å². The highest BCUT2D eigenvalue weighted by atomic mass is 32.2. The first kappa shape index (κ1) is 14.9. The van der Waals surface area contributed by atoms with Crippen molar-refractivity contribution < 1.29 is 13.2 Å². The van der Waals surface area contributed by atoms with E-state index < -0.39 is 10.0 Å². The molecule has 5 nitrogen and oxygen atoms in total. The van der Waals surface area contributed by atoms with E-state index in [9.17, 15) is 8.42 Å². The van der Waals surface area contributed by atoms with Crippen molar-refractivity contribution in [3.8, 4) is 5.75 Å². The lowest BCUT2D eigenvalue weighted by molar-refractivity contribution is 0.310. The Kier molecular flexibility index (Phi) is 4.04. The van der Waals surface area contributed by atoms with Crippen molar-refractivity contribution in [3.05, 3.63) is 54.1 Å². The molecule has 116 valence electrons. The van der Waals surface area contributed by atoms with Crippen LogP contribution in [0.4, 0.5) is 5.69 Å². The predicted octanol–water partition coefficient (Wildman–Crippen LogP) is 1.99. The van der Waals surface area contributed by atoms with Crippen molar-refractivity contribution in [3.63, 3.8) is 0 Å². The molecule has 0 radical (unpaired) electrons. The summed E-state index contributed by atoms with van der Waals surface area (Å²) < 4.78 is 33.0. The van der Waals surface area contributed by atoms with Gasteiger partial charge in [-0.3, -0.25) is 0 Å². The summed E-state index contributed by atoms with van der Waals surface area (Å²) in [7, 11) is -1.60. The van der Waals surface area contributed by atoms with Gasteiger partial charge in [-0.1, -0.05) is 30.3 Å². The number of sulfonamides is 1. The summed E-state index contributed by atoms with van der Waals surface area (Å²) in [6, 6.07) is 14.4. The molecule has 0 amide bonds. The van der Waals surface area contributed by atoms with Gasteiger partial charge in [-0.05, 0) is 17.7 Å². The molecule has 1 N–H and O–H groups in total. The third-order valence-electron chi connectivity index (χ3n) is 3.65. The summed E-state index contributed by atoms with van der Waals surface area (Å²) >= 11 is 0. The topological polar surface area (TPSA) is 58.6 Å². The summed E-state index contributed by atoms with van der Waals surface area (Å²) in [4.78, 5) is 2.27. The summed E-state index contributed by atoms with van der Waals surface area (Å²) in [5.41, 5.74) is 1.83. The van der Waals surface area contributed by atoms with Gasteiger partial charge in [-0.25, -0.2) is 13.1 Å². The highest BCUT2D eigenvalue weighted by molar-refractivity contribution is 7.89. The fraction of sp³-hybridized carbons (Fsp3) is 0.250. The minimum Gasteiger partial charge on any atom is -0.490 e. The molecule has 0 spiro atoms. The Morgan fingerprint density at radius 3 is 2.73 bits per heavy atom. The first-order valence-electron chi connectivity index (χ1n) is 7.08. The molecule has 2 aromatic rings. The Hall–Kier alpha value is -2.05. The number of nitrogens with zero attached hydrogens (tertiary/aromatic N) is 1. The van der Waals surface area contributed by atoms with Gasteiger partial charge >= 0.3 is 0 Å². The molecule has 3 rings (SSSR count). The summed E-state index contributed by atoms with van der Waals surface area (Å²) in [5, 5.41) is 0. The molecule has 6 heteroatoms. The maximum atomic E-state index is 12.4. The van der Waals surface area contributed by atoms with E-state index in [-0.39, 0.29) is 11.4 Å². The molecule has 0 unspecified atom stereocenters. The number of nitrogens with one attached hydrogen (secondary N) is 1. The average molecular weight is 318 g/mol. The van der Waals surface area contributed by atoms with Crippen LogP contribution >= 0.6 is 0 Å². The van der Waals surface area contributed by atoms with Crippen LogP contribution in [0.25, 0.3) is 0 Å². The van der Waals surface area contributed by atoms with Crippen LogP contribution in [0.3, 0.4) is 0 Å². The number of fused-ring (bicyclic) bond motifs is 1. The van der Waals surface area contributed by atoms with E-state index in [1.165, 1.54) is 0 Å². The van der Waals surface area contributed by atoms with Gasteiger partial charge in [-0.15, -0.1) is 0 Å². The normalized spacial score (nSPS) is 14.3. The fourth-order valence-electron chi connectivity index (χ4n) is 2.36. The van der Waals surface area contributed by atoms with Gasteiger partial charge in [0.25, 0.3) is 0 Å². The van der Waals surface area contributed by atoms with Crippen molar-refractivity contribution in [1.29, 1.82) is 0 Å². The smallest absolute Gasteiger partial charge is 0.241 e. The van der Waals surface area contributed by atoms with E-state index >= 15 is 0 Å². The lowest BCUT2D eigenvalue weighted by Crippen LogP contribution is -2.29. The van der Waals surface area contributed by atoms with Gasteiger partial charge in [0.05, 0.1) is 17.1 Å². The Balaban J connectivity index is 1.80. The maximum absolute atomic E-state index is 12.4. The predicted molar refractivity (Wildman–Crippen MR) is 85.7 cm³/mol. The molecule has 1 aliphatic heterocycles. The van der Waals surface area contributed by atoms with Gasteiger partial charge in [0, 0.05) is 19.7 Å². The number of anilines is 1. The van der Waals surface area contributed by atoms with Crippen molar-refractivity contribution in [1.82, 2.24) is 4.72 Å². The molecule has 0 fully saturated rings. The van der Waals surface area contributed by atoms with Gasteiger partial charge in [0.1, 0.15) is 12.4 Å². The second-order valence-electron chi connectivity index (χ2n) is 5.21. The first-order valence-corrected chi connectivity index (χ1v) is 8.56. The Labute approximate surface area is 130 Å². The number of rotatable bonds is 4. The lowest BCUT2D eigenvalue weighted by Gasteiger charge is -2.27. The van der Waals surface area contributed by atoms with E-state index in [2.05, 4.69) is 4.72 Å². The van der Waals surface area contributed by atoms with Crippen molar-refractivity contribution >= 4 is 15.7 Å². The first-order chi connectivity index (χ1) is 10.6. The molecule has 1 heterocycles. The van der Waals surface area contributed by atoms with Crippen LogP contribution in [0, 0.1) is 0 Å². The van der Waals surface area contributed by atoms with Crippen LogP contribution < -0.4 is 14.4 Å². The third kappa shape index (κ3) is 3.08. The van der Waals surface area contributed by atoms with E-state index in [1.807, 2.05) is 42.3 Å². The Morgan fingerprint density at radius 1 is 1.18 bits per heavy atom. The molecule has 1 aliphatic rings. The average Bonchev–Trinajstić information content (AvgIpc) is 2.54. The molecule has 0 bridgehead atoms. The number of benzene rings is 2. The molecule has 22 heavy (non-hydrogen) atoms. The van der Waals surface area contributed by atoms with Crippen molar-refractivity contribution in [2.45, 2.75) is 11.4 Å². The Bertz CT molecular complexity index is 760. The van der Waals surface area contributed by atoms with Crippen LogP contribution in [-0.4, -0.2) is 28.6 Å². The van der Waals surface area contributed by atoms with E-state index in [0.717, 1.165) is 17.8 Å². The molecule has 0 saturated heterocycles. The standard InChI is InChI=1S/C16H18N2O3S/c1-18-9-10-21-16-11-14(7-8-15(16)18)22(19,20)17-12-13-5-3-2-4-6-13/h2-8,11,17H,9-10,12H2,1H3.